The maximum absolute atomic E-state index is 12.0. The Balaban J connectivity index is 1.90. The van der Waals surface area contributed by atoms with Crippen molar-refractivity contribution in [3.8, 4) is 0 Å². The van der Waals surface area contributed by atoms with Crippen molar-refractivity contribution >= 4 is 29.3 Å². The van der Waals surface area contributed by atoms with E-state index < -0.39 is 0 Å². The van der Waals surface area contributed by atoms with E-state index in [0.29, 0.717) is 23.5 Å². The van der Waals surface area contributed by atoms with Crippen molar-refractivity contribution in [3.63, 3.8) is 0 Å². The topological polar surface area (TPSA) is 78.4 Å². The van der Waals surface area contributed by atoms with Crippen LogP contribution in [-0.4, -0.2) is 35.8 Å². The van der Waals surface area contributed by atoms with Crippen LogP contribution in [0.4, 0.5) is 5.69 Å². The Kier molecular flexibility index (Phi) is 5.43. The Hall–Kier alpha value is -1.53. The molecule has 5 nitrogen and oxygen atoms in total. The highest BCUT2D eigenvalue weighted by molar-refractivity contribution is 8.00. The largest absolute Gasteiger partial charge is 0.396 e. The Bertz CT molecular complexity index is 505. The summed E-state index contributed by atoms with van der Waals surface area (Å²) in [7, 11) is 0. The zero-order valence-electron chi connectivity index (χ0n) is 11.1. The van der Waals surface area contributed by atoms with E-state index >= 15 is 0 Å². The lowest BCUT2D eigenvalue weighted by Gasteiger charge is -2.16. The zero-order chi connectivity index (χ0) is 14.4. The number of hydrogen-bond donors (Lipinski definition) is 3. The molecule has 6 heteroatoms. The quantitative estimate of drug-likeness (QED) is 0.697. The maximum Gasteiger partial charge on any atom is 0.251 e. The summed E-state index contributed by atoms with van der Waals surface area (Å²) in [6.45, 7) is 0.785. The molecule has 1 heterocycles. The number of hydrogen-bond acceptors (Lipinski definition) is 4. The normalized spacial score (nSPS) is 13.6. The van der Waals surface area contributed by atoms with E-state index in [1.807, 2.05) is 6.07 Å². The smallest absolute Gasteiger partial charge is 0.251 e. The van der Waals surface area contributed by atoms with Crippen LogP contribution < -0.4 is 10.6 Å². The van der Waals surface area contributed by atoms with E-state index in [2.05, 4.69) is 10.6 Å². The van der Waals surface area contributed by atoms with Gasteiger partial charge in [0.2, 0.25) is 5.91 Å². The summed E-state index contributed by atoms with van der Waals surface area (Å²) in [5.74, 6) is 0.245. The molecule has 0 aromatic heterocycles. The highest BCUT2D eigenvalue weighted by atomic mass is 32.2. The Labute approximate surface area is 122 Å². The first-order valence-electron chi connectivity index (χ1n) is 6.66. The van der Waals surface area contributed by atoms with Crippen molar-refractivity contribution in [1.82, 2.24) is 5.32 Å². The lowest BCUT2D eigenvalue weighted by atomic mass is 10.1. The number of carbonyl (C=O) groups is 2. The number of aliphatic hydroxyl groups excluding tert-OH is 1. The highest BCUT2D eigenvalue weighted by Crippen LogP contribution is 2.31. The van der Waals surface area contributed by atoms with Crippen LogP contribution in [0.25, 0.3) is 0 Å². The van der Waals surface area contributed by atoms with Gasteiger partial charge in [-0.25, -0.2) is 0 Å². The SMILES string of the molecule is O=C1CSc2ccc(C(=O)NCCCCCO)cc2N1. The predicted octanol–water partition coefficient (Wildman–Crippen LogP) is 1.62. The van der Waals surface area contributed by atoms with Crippen molar-refractivity contribution in [2.24, 2.45) is 0 Å². The number of anilines is 1. The summed E-state index contributed by atoms with van der Waals surface area (Å²) in [5.41, 5.74) is 1.26. The summed E-state index contributed by atoms with van der Waals surface area (Å²) in [5, 5.41) is 14.3. The summed E-state index contributed by atoms with van der Waals surface area (Å²) >= 11 is 1.48. The second kappa shape index (κ2) is 7.31. The third kappa shape index (κ3) is 3.98. The maximum atomic E-state index is 12.0. The molecular formula is C14H18N2O3S. The second-order valence-electron chi connectivity index (χ2n) is 4.59. The fraction of sp³-hybridized carbons (Fsp3) is 0.429. The monoisotopic (exact) mass is 294 g/mol. The number of benzene rings is 1. The molecule has 0 spiro atoms. The van der Waals surface area contributed by atoms with Gasteiger partial charge in [-0.1, -0.05) is 0 Å². The molecule has 3 N–H and O–H groups in total. The van der Waals surface area contributed by atoms with Gasteiger partial charge in [0.25, 0.3) is 5.91 Å². The van der Waals surface area contributed by atoms with Crippen molar-refractivity contribution < 1.29 is 14.7 Å². The first-order valence-corrected chi connectivity index (χ1v) is 7.65. The highest BCUT2D eigenvalue weighted by Gasteiger charge is 2.17. The van der Waals surface area contributed by atoms with Crippen molar-refractivity contribution in [1.29, 1.82) is 0 Å². The molecule has 0 atom stereocenters. The Morgan fingerprint density at radius 3 is 3.00 bits per heavy atom. The molecule has 1 aromatic carbocycles. The van der Waals surface area contributed by atoms with Gasteiger partial charge in [-0.15, -0.1) is 11.8 Å². The first kappa shape index (κ1) is 14.9. The van der Waals surface area contributed by atoms with Gasteiger partial charge in [0, 0.05) is 23.6 Å². The fourth-order valence-electron chi connectivity index (χ4n) is 1.94. The van der Waals surface area contributed by atoms with Crippen molar-refractivity contribution in [2.75, 3.05) is 24.2 Å². The average Bonchev–Trinajstić information content (AvgIpc) is 2.46. The van der Waals surface area contributed by atoms with Crippen LogP contribution in [0.5, 0.6) is 0 Å². The number of fused-ring (bicyclic) bond motifs is 1. The molecule has 1 aliphatic heterocycles. The number of nitrogens with one attached hydrogen (secondary N) is 2. The molecule has 0 unspecified atom stereocenters. The summed E-state index contributed by atoms with van der Waals surface area (Å²) in [4.78, 5) is 24.3. The molecule has 0 bridgehead atoms. The van der Waals surface area contributed by atoms with E-state index in [-0.39, 0.29) is 18.4 Å². The molecule has 0 saturated heterocycles. The average molecular weight is 294 g/mol. The lowest BCUT2D eigenvalue weighted by Crippen LogP contribution is -2.25. The number of amides is 2. The minimum atomic E-state index is -0.137. The van der Waals surface area contributed by atoms with Gasteiger partial charge >= 0.3 is 0 Å². The fourth-order valence-corrected chi connectivity index (χ4v) is 2.73. The summed E-state index contributed by atoms with van der Waals surface area (Å²) in [6.07, 6.45) is 2.51. The molecule has 20 heavy (non-hydrogen) atoms. The molecule has 0 aliphatic carbocycles. The van der Waals surface area contributed by atoms with E-state index in [1.165, 1.54) is 11.8 Å². The number of aliphatic hydroxyl groups is 1. The molecule has 108 valence electrons. The number of carbonyl (C=O) groups excluding carboxylic acids is 2. The van der Waals surface area contributed by atoms with Gasteiger partial charge < -0.3 is 15.7 Å². The van der Waals surface area contributed by atoms with Crippen molar-refractivity contribution in [3.05, 3.63) is 23.8 Å². The number of rotatable bonds is 6. The number of thioether (sulfide) groups is 1. The van der Waals surface area contributed by atoms with E-state index in [9.17, 15) is 9.59 Å². The van der Waals surface area contributed by atoms with Gasteiger partial charge in [0.05, 0.1) is 11.4 Å². The minimum absolute atomic E-state index is 0.0379. The van der Waals surface area contributed by atoms with E-state index in [0.717, 1.165) is 24.2 Å². The third-order valence-corrected chi connectivity index (χ3v) is 4.07. The lowest BCUT2D eigenvalue weighted by molar-refractivity contribution is -0.113. The van der Waals surface area contributed by atoms with Gasteiger partial charge in [0.1, 0.15) is 0 Å². The molecule has 1 aliphatic rings. The van der Waals surface area contributed by atoms with Gasteiger partial charge in [-0.05, 0) is 37.5 Å². The van der Waals surface area contributed by atoms with Crippen LogP contribution in [0, 0.1) is 0 Å². The summed E-state index contributed by atoms with van der Waals surface area (Å²) < 4.78 is 0. The third-order valence-electron chi connectivity index (χ3n) is 3.00. The molecule has 1 aromatic rings. The van der Waals surface area contributed by atoms with Crippen LogP contribution >= 0.6 is 11.8 Å². The molecule has 0 fully saturated rings. The van der Waals surface area contributed by atoms with Gasteiger partial charge in [-0.2, -0.15) is 0 Å². The minimum Gasteiger partial charge on any atom is -0.396 e. The second-order valence-corrected chi connectivity index (χ2v) is 5.61. The van der Waals surface area contributed by atoms with Crippen LogP contribution in [-0.2, 0) is 4.79 Å². The first-order chi connectivity index (χ1) is 9.70. The zero-order valence-corrected chi connectivity index (χ0v) is 12.0. The Morgan fingerprint density at radius 1 is 1.35 bits per heavy atom. The summed E-state index contributed by atoms with van der Waals surface area (Å²) in [6, 6.07) is 5.34. The molecule has 2 rings (SSSR count). The van der Waals surface area contributed by atoms with Crippen LogP contribution in [0.15, 0.2) is 23.1 Å². The van der Waals surface area contributed by atoms with Gasteiger partial charge in [0.15, 0.2) is 0 Å². The Morgan fingerprint density at radius 2 is 2.20 bits per heavy atom. The van der Waals surface area contributed by atoms with E-state index in [1.54, 1.807) is 12.1 Å². The van der Waals surface area contributed by atoms with Crippen LogP contribution in [0.1, 0.15) is 29.6 Å². The molecular weight excluding hydrogens is 276 g/mol. The predicted molar refractivity (Wildman–Crippen MR) is 79.1 cm³/mol. The standard InChI is InChI=1S/C14H18N2O3S/c17-7-3-1-2-6-15-14(19)10-4-5-12-11(8-10)16-13(18)9-20-12/h4-5,8,17H,1-3,6-7,9H2,(H,15,19)(H,16,18). The van der Waals surface area contributed by atoms with E-state index in [4.69, 9.17) is 5.11 Å². The number of unbranched alkanes of at least 4 members (excludes halogenated alkanes) is 2. The molecule has 0 saturated carbocycles. The van der Waals surface area contributed by atoms with Gasteiger partial charge in [-0.3, -0.25) is 9.59 Å². The molecule has 0 radical (unpaired) electrons. The molecule has 2 amide bonds. The van der Waals surface area contributed by atoms with Crippen LogP contribution in [0.3, 0.4) is 0 Å². The van der Waals surface area contributed by atoms with Crippen LogP contribution in [0.2, 0.25) is 0 Å². The van der Waals surface area contributed by atoms with Crippen molar-refractivity contribution in [2.45, 2.75) is 24.2 Å².